The highest BCUT2D eigenvalue weighted by Crippen LogP contribution is 2.33. The number of carbonyl (C=O) groups is 1. The second-order valence-electron chi connectivity index (χ2n) is 3.62. The first-order valence-electron chi connectivity index (χ1n) is 5.06. The van der Waals surface area contributed by atoms with E-state index in [1.807, 2.05) is 0 Å². The Kier molecular flexibility index (Phi) is 4.11. The number of nitrogens with one attached hydrogen (secondary N) is 1. The van der Waals surface area contributed by atoms with E-state index in [1.165, 1.54) is 13.0 Å². The van der Waals surface area contributed by atoms with Crippen molar-refractivity contribution in [3.8, 4) is 0 Å². The molecule has 2 nitrogen and oxygen atoms in total. The predicted molar refractivity (Wildman–Crippen MR) is 59.5 cm³/mol. The van der Waals surface area contributed by atoms with E-state index in [0.29, 0.717) is 17.7 Å². The lowest BCUT2D eigenvalue weighted by atomic mass is 10.1. The van der Waals surface area contributed by atoms with Crippen LogP contribution in [-0.2, 0) is 11.0 Å². The first-order chi connectivity index (χ1) is 8.25. The van der Waals surface area contributed by atoms with Gasteiger partial charge in [0, 0.05) is 11.3 Å². The number of amides is 1. The molecule has 0 unspecified atom stereocenters. The molecule has 1 amide bonds. The average Bonchev–Trinajstić information content (AvgIpc) is 2.29. The molecule has 1 rings (SSSR count). The molecule has 0 atom stereocenters. The number of rotatable bonds is 2. The highest BCUT2D eigenvalue weighted by Gasteiger charge is 2.34. The second-order valence-corrected chi connectivity index (χ2v) is 3.62. The van der Waals surface area contributed by atoms with Crippen LogP contribution in [0.25, 0.3) is 0 Å². The number of halogens is 4. The standard InChI is InChI=1S/C12H11F4NO/c1-3-7(2)11(18)17-8-4-5-10(13)9(6-8)12(14,15)16/h3-6H,1-2H3,(H,17,18)/b7-3-. The number of carbonyl (C=O) groups excluding carboxylic acids is 1. The van der Waals surface area contributed by atoms with E-state index in [-0.39, 0.29) is 5.69 Å². The SMILES string of the molecule is C/C=C(/C)C(=O)Nc1ccc(F)c(C(F)(F)F)c1. The van der Waals surface area contributed by atoms with Crippen LogP contribution in [0.3, 0.4) is 0 Å². The topological polar surface area (TPSA) is 29.1 Å². The molecule has 6 heteroatoms. The molecule has 0 spiro atoms. The van der Waals surface area contributed by atoms with Crippen molar-refractivity contribution in [3.63, 3.8) is 0 Å². The van der Waals surface area contributed by atoms with E-state index in [2.05, 4.69) is 5.32 Å². The molecule has 0 aliphatic carbocycles. The lowest BCUT2D eigenvalue weighted by Gasteiger charge is -2.11. The quantitative estimate of drug-likeness (QED) is 0.637. The Labute approximate surface area is 101 Å². The van der Waals surface area contributed by atoms with Crippen LogP contribution in [0.2, 0.25) is 0 Å². The number of allylic oxidation sites excluding steroid dienone is 1. The van der Waals surface area contributed by atoms with Gasteiger partial charge in [-0.1, -0.05) is 6.08 Å². The van der Waals surface area contributed by atoms with Crippen molar-refractivity contribution in [3.05, 3.63) is 41.2 Å². The van der Waals surface area contributed by atoms with Gasteiger partial charge in [-0.25, -0.2) is 4.39 Å². The number of alkyl halides is 3. The van der Waals surface area contributed by atoms with Crippen molar-refractivity contribution in [2.45, 2.75) is 20.0 Å². The Morgan fingerprint density at radius 1 is 1.33 bits per heavy atom. The number of benzene rings is 1. The molecule has 0 aromatic heterocycles. The zero-order valence-electron chi connectivity index (χ0n) is 9.73. The largest absolute Gasteiger partial charge is 0.419 e. The fourth-order valence-corrected chi connectivity index (χ4v) is 1.18. The summed E-state index contributed by atoms with van der Waals surface area (Å²) in [5.41, 5.74) is -1.15. The van der Waals surface area contributed by atoms with E-state index in [1.54, 1.807) is 6.92 Å². The van der Waals surface area contributed by atoms with E-state index in [0.717, 1.165) is 6.07 Å². The van der Waals surface area contributed by atoms with Gasteiger partial charge in [-0.3, -0.25) is 4.79 Å². The zero-order chi connectivity index (χ0) is 13.9. The highest BCUT2D eigenvalue weighted by molar-refractivity contribution is 6.03. The second kappa shape index (κ2) is 5.20. The molecular weight excluding hydrogens is 250 g/mol. The molecule has 98 valence electrons. The summed E-state index contributed by atoms with van der Waals surface area (Å²) in [6.45, 7) is 3.14. The molecule has 0 heterocycles. The van der Waals surface area contributed by atoms with Crippen molar-refractivity contribution in [2.24, 2.45) is 0 Å². The summed E-state index contributed by atoms with van der Waals surface area (Å²) in [6.07, 6.45) is -3.27. The summed E-state index contributed by atoms with van der Waals surface area (Å²) < 4.78 is 50.3. The summed E-state index contributed by atoms with van der Waals surface area (Å²) in [6, 6.07) is 2.31. The first kappa shape index (κ1) is 14.2. The number of anilines is 1. The molecule has 0 saturated heterocycles. The van der Waals surface area contributed by atoms with Crippen LogP contribution in [0.1, 0.15) is 19.4 Å². The van der Waals surface area contributed by atoms with Gasteiger partial charge >= 0.3 is 6.18 Å². The summed E-state index contributed by atoms with van der Waals surface area (Å²) in [7, 11) is 0. The highest BCUT2D eigenvalue weighted by atomic mass is 19.4. The molecule has 1 aromatic rings. The molecule has 18 heavy (non-hydrogen) atoms. The van der Waals surface area contributed by atoms with Gasteiger partial charge in [0.1, 0.15) is 5.82 Å². The fraction of sp³-hybridized carbons (Fsp3) is 0.250. The van der Waals surface area contributed by atoms with Gasteiger partial charge in [-0.15, -0.1) is 0 Å². The fourth-order valence-electron chi connectivity index (χ4n) is 1.18. The van der Waals surface area contributed by atoms with Crippen molar-refractivity contribution >= 4 is 11.6 Å². The molecule has 1 aromatic carbocycles. The Balaban J connectivity index is 3.03. The van der Waals surface area contributed by atoms with Crippen molar-refractivity contribution in [2.75, 3.05) is 5.32 Å². The van der Waals surface area contributed by atoms with Crippen molar-refractivity contribution in [1.82, 2.24) is 0 Å². The smallest absolute Gasteiger partial charge is 0.322 e. The van der Waals surface area contributed by atoms with Gasteiger partial charge in [0.05, 0.1) is 5.56 Å². The van der Waals surface area contributed by atoms with Crippen LogP contribution in [0, 0.1) is 5.82 Å². The molecule has 0 fully saturated rings. The van der Waals surface area contributed by atoms with E-state index in [4.69, 9.17) is 0 Å². The minimum atomic E-state index is -4.79. The lowest BCUT2D eigenvalue weighted by molar-refractivity contribution is -0.140. The minimum absolute atomic E-state index is 0.102. The third-order valence-electron chi connectivity index (χ3n) is 2.32. The Morgan fingerprint density at radius 3 is 2.44 bits per heavy atom. The van der Waals surface area contributed by atoms with E-state index >= 15 is 0 Å². The maximum atomic E-state index is 13.0. The van der Waals surface area contributed by atoms with Crippen molar-refractivity contribution in [1.29, 1.82) is 0 Å². The average molecular weight is 261 g/mol. The molecule has 0 aliphatic rings. The summed E-state index contributed by atoms with van der Waals surface area (Å²) in [5.74, 6) is -1.90. The number of hydrogen-bond donors (Lipinski definition) is 1. The Bertz CT molecular complexity index is 491. The third-order valence-corrected chi connectivity index (χ3v) is 2.32. The predicted octanol–water partition coefficient (Wildman–Crippen LogP) is 3.75. The van der Waals surface area contributed by atoms with Crippen LogP contribution < -0.4 is 5.32 Å². The summed E-state index contributed by atoms with van der Waals surface area (Å²) >= 11 is 0. The molecule has 0 aliphatic heterocycles. The van der Waals surface area contributed by atoms with Crippen LogP contribution in [0.5, 0.6) is 0 Å². The molecular formula is C12H11F4NO. The Hall–Kier alpha value is -1.85. The number of hydrogen-bond acceptors (Lipinski definition) is 1. The normalized spacial score (nSPS) is 12.4. The van der Waals surface area contributed by atoms with E-state index in [9.17, 15) is 22.4 Å². The summed E-state index contributed by atoms with van der Waals surface area (Å²) in [4.78, 5) is 11.4. The van der Waals surface area contributed by atoms with Gasteiger partial charge in [-0.05, 0) is 32.0 Å². The molecule has 0 bridgehead atoms. The van der Waals surface area contributed by atoms with Crippen LogP contribution in [0.15, 0.2) is 29.8 Å². The summed E-state index contributed by atoms with van der Waals surface area (Å²) in [5, 5.41) is 2.26. The molecule has 0 saturated carbocycles. The third kappa shape index (κ3) is 3.32. The van der Waals surface area contributed by atoms with Crippen LogP contribution in [-0.4, -0.2) is 5.91 Å². The van der Waals surface area contributed by atoms with Gasteiger partial charge in [0.15, 0.2) is 0 Å². The van der Waals surface area contributed by atoms with Gasteiger partial charge in [-0.2, -0.15) is 13.2 Å². The van der Waals surface area contributed by atoms with Gasteiger partial charge < -0.3 is 5.32 Å². The molecule has 0 radical (unpaired) electrons. The van der Waals surface area contributed by atoms with Crippen LogP contribution >= 0.6 is 0 Å². The van der Waals surface area contributed by atoms with Crippen LogP contribution in [0.4, 0.5) is 23.2 Å². The zero-order valence-corrected chi connectivity index (χ0v) is 9.73. The molecule has 1 N–H and O–H groups in total. The van der Waals surface area contributed by atoms with Crippen molar-refractivity contribution < 1.29 is 22.4 Å². The maximum Gasteiger partial charge on any atom is 0.419 e. The van der Waals surface area contributed by atoms with E-state index < -0.39 is 23.5 Å². The van der Waals surface area contributed by atoms with Gasteiger partial charge in [0.2, 0.25) is 0 Å². The Morgan fingerprint density at radius 2 is 1.94 bits per heavy atom. The van der Waals surface area contributed by atoms with Gasteiger partial charge in [0.25, 0.3) is 5.91 Å². The minimum Gasteiger partial charge on any atom is -0.322 e. The first-order valence-corrected chi connectivity index (χ1v) is 5.06. The maximum absolute atomic E-state index is 13.0. The lowest BCUT2D eigenvalue weighted by Crippen LogP contribution is -2.14. The monoisotopic (exact) mass is 261 g/mol.